The number of hydrogen-bond acceptors (Lipinski definition) is 0. The Labute approximate surface area is 178 Å². The molecule has 0 aromatic rings. The van der Waals surface area contributed by atoms with Gasteiger partial charge in [0.1, 0.15) is 5.57 Å². The second-order valence-electron chi connectivity index (χ2n) is 6.23. The largest absolute Gasteiger partial charge is 0.460 e. The van der Waals surface area contributed by atoms with Crippen molar-refractivity contribution < 1.29 is 105 Å². The van der Waals surface area contributed by atoms with E-state index in [4.69, 9.17) is 0 Å². The van der Waals surface area contributed by atoms with Crippen LogP contribution in [0.1, 0.15) is 0 Å². The van der Waals surface area contributed by atoms with E-state index in [2.05, 4.69) is 0 Å². The predicted molar refractivity (Wildman–Crippen MR) is 60.6 cm³/mol. The molecule has 0 aliphatic carbocycles. The van der Waals surface area contributed by atoms with Crippen LogP contribution in [0.3, 0.4) is 0 Å². The summed E-state index contributed by atoms with van der Waals surface area (Å²) in [4.78, 5) is 0. The molecule has 0 heterocycles. The molecule has 0 spiro atoms. The summed E-state index contributed by atoms with van der Waals surface area (Å²) < 4.78 is 312. The highest BCUT2D eigenvalue weighted by Crippen LogP contribution is 2.73. The van der Waals surface area contributed by atoms with Gasteiger partial charge in [0, 0.05) is 0 Å². The predicted octanol–water partition coefficient (Wildman–Crippen LogP) is 8.55. The third kappa shape index (κ3) is 4.48. The molecule has 0 aliphatic rings. The average molecular weight is 600 g/mol. The first-order valence-corrected chi connectivity index (χ1v) is 7.29. The van der Waals surface area contributed by atoms with Gasteiger partial charge in [-0.05, 0) is 0 Å². The Morgan fingerprint density at radius 3 is 0.806 bits per heavy atom. The van der Waals surface area contributed by atoms with Gasteiger partial charge in [0.05, 0.1) is 0 Å². The first-order chi connectivity index (χ1) is 15.0. The average Bonchev–Trinajstić information content (AvgIpc) is 2.52. The van der Waals surface area contributed by atoms with Gasteiger partial charge in [-0.2, -0.15) is 101 Å². The Morgan fingerprint density at radius 2 is 0.611 bits per heavy atom. The molecule has 0 aromatic heterocycles. The van der Waals surface area contributed by atoms with Gasteiger partial charge in [-0.25, -0.2) is 4.39 Å². The van der Waals surface area contributed by atoms with Crippen molar-refractivity contribution in [2.75, 3.05) is 0 Å². The maximum atomic E-state index is 14.1. The van der Waals surface area contributed by atoms with Crippen molar-refractivity contribution >= 4 is 0 Å². The van der Waals surface area contributed by atoms with Gasteiger partial charge < -0.3 is 0 Å². The number of hydrogen-bond donors (Lipinski definition) is 0. The molecule has 36 heavy (non-hydrogen) atoms. The lowest BCUT2D eigenvalue weighted by Crippen LogP contribution is -2.77. The molecular formula is C12F24. The van der Waals surface area contributed by atoms with Crippen LogP contribution < -0.4 is 0 Å². The van der Waals surface area contributed by atoms with Gasteiger partial charge in [-0.15, -0.1) is 0 Å². The smallest absolute Gasteiger partial charge is 0.201 e. The number of alkyl halides is 23. The molecule has 0 saturated heterocycles. The maximum absolute atomic E-state index is 14.1. The maximum Gasteiger partial charge on any atom is 0.460 e. The fourth-order valence-electron chi connectivity index (χ4n) is 2.48. The van der Waals surface area contributed by atoms with Crippen molar-refractivity contribution in [1.29, 1.82) is 0 Å². The quantitative estimate of drug-likeness (QED) is 0.278. The van der Waals surface area contributed by atoms with Crippen molar-refractivity contribution in [3.05, 3.63) is 11.4 Å². The van der Waals surface area contributed by atoms with Gasteiger partial charge in [-0.3, -0.25) is 0 Å². The van der Waals surface area contributed by atoms with Crippen molar-refractivity contribution in [3.63, 3.8) is 0 Å². The summed E-state index contributed by atoms with van der Waals surface area (Å²) in [6.45, 7) is 0. The van der Waals surface area contributed by atoms with E-state index in [0.717, 1.165) is 0 Å². The van der Waals surface area contributed by atoms with Crippen molar-refractivity contribution in [3.8, 4) is 0 Å². The second-order valence-corrected chi connectivity index (χ2v) is 6.23. The van der Waals surface area contributed by atoms with E-state index < -0.39 is 71.4 Å². The summed E-state index contributed by atoms with van der Waals surface area (Å²) in [5.74, 6) is -44.0. The summed E-state index contributed by atoms with van der Waals surface area (Å²) in [5.41, 5.74) is -16.5. The molecule has 0 fully saturated rings. The van der Waals surface area contributed by atoms with Crippen LogP contribution in [0.5, 0.6) is 0 Å². The van der Waals surface area contributed by atoms with Gasteiger partial charge >= 0.3 is 54.6 Å². The molecule has 0 nitrogen and oxygen atoms in total. The second kappa shape index (κ2) is 8.28. The lowest BCUT2D eigenvalue weighted by Gasteiger charge is -2.50. The number of halogens is 24. The van der Waals surface area contributed by atoms with Crippen LogP contribution in [0, 0.1) is 5.41 Å². The van der Waals surface area contributed by atoms with Crippen molar-refractivity contribution in [1.82, 2.24) is 0 Å². The lowest BCUT2D eigenvalue weighted by atomic mass is 9.64. The zero-order chi connectivity index (χ0) is 30.2. The number of allylic oxidation sites excluding steroid dienone is 2. The van der Waals surface area contributed by atoms with E-state index in [1.807, 2.05) is 0 Å². The van der Waals surface area contributed by atoms with E-state index >= 15 is 0 Å². The van der Waals surface area contributed by atoms with Crippen LogP contribution in [0.2, 0.25) is 0 Å². The molecule has 0 saturated carbocycles. The summed E-state index contributed by atoms with van der Waals surface area (Å²) in [6.07, 6.45) is -43.2. The molecule has 0 aromatic carbocycles. The van der Waals surface area contributed by atoms with Gasteiger partial charge in [0.2, 0.25) is 11.2 Å². The van der Waals surface area contributed by atoms with Gasteiger partial charge in [0.25, 0.3) is 0 Å². The summed E-state index contributed by atoms with van der Waals surface area (Å²) in [5, 5.41) is 0. The van der Waals surface area contributed by atoms with E-state index in [1.165, 1.54) is 0 Å². The molecule has 1 atom stereocenters. The summed E-state index contributed by atoms with van der Waals surface area (Å²) in [7, 11) is 0. The van der Waals surface area contributed by atoms with Crippen LogP contribution in [0.4, 0.5) is 105 Å². The zero-order valence-corrected chi connectivity index (χ0v) is 15.1. The normalized spacial score (nSPS) is 18.7. The third-order valence-corrected chi connectivity index (χ3v) is 3.99. The highest BCUT2D eigenvalue weighted by Gasteiger charge is 2.99. The SMILES string of the molecule is F/C(=C(\C(F)(F)F)C(C(F)(F)F)(C(F)(F)C(F)(F)F)C(F)(F)C(F)(F)C(F)(F)C(F)(F)F)C(F)(F)F. The van der Waals surface area contributed by atoms with E-state index in [0.29, 0.717) is 0 Å². The Bertz CT molecular complexity index is 835. The molecule has 0 bridgehead atoms. The zero-order valence-electron chi connectivity index (χ0n) is 15.1. The highest BCUT2D eigenvalue weighted by atomic mass is 19.4. The Balaban J connectivity index is 8.87. The van der Waals surface area contributed by atoms with Crippen molar-refractivity contribution in [2.24, 2.45) is 5.41 Å². The Morgan fingerprint density at radius 1 is 0.306 bits per heavy atom. The molecule has 0 N–H and O–H groups in total. The van der Waals surface area contributed by atoms with Crippen LogP contribution in [0.25, 0.3) is 0 Å². The topological polar surface area (TPSA) is 0 Å². The minimum Gasteiger partial charge on any atom is -0.201 e. The van der Waals surface area contributed by atoms with E-state index in [1.54, 1.807) is 0 Å². The minimum absolute atomic E-state index is 6.10. The Kier molecular flexibility index (Phi) is 7.83. The monoisotopic (exact) mass is 600 g/mol. The molecule has 24 heteroatoms. The fourth-order valence-corrected chi connectivity index (χ4v) is 2.48. The van der Waals surface area contributed by atoms with Crippen LogP contribution in [-0.4, -0.2) is 54.6 Å². The minimum atomic E-state index is -9.91. The van der Waals surface area contributed by atoms with Crippen molar-refractivity contribution in [2.45, 2.75) is 54.6 Å². The van der Waals surface area contributed by atoms with Gasteiger partial charge in [-0.1, -0.05) is 0 Å². The molecule has 1 unspecified atom stereocenters. The Hall–Kier alpha value is -1.94. The molecule has 0 radical (unpaired) electrons. The summed E-state index contributed by atoms with van der Waals surface area (Å²) >= 11 is 0. The van der Waals surface area contributed by atoms with E-state index in [-0.39, 0.29) is 0 Å². The van der Waals surface area contributed by atoms with E-state index in [9.17, 15) is 105 Å². The standard InChI is InChI=1S/C12F24/c13-2(5(17,18)19)1(4(14,15)16)3(10(28,29)30,7(22,23)11(31,32)33)6(20,21)8(24,25)9(26,27)12(34,35)36/b2-1-. The molecule has 0 amide bonds. The van der Waals surface area contributed by atoms with Crippen LogP contribution in [0.15, 0.2) is 11.4 Å². The third-order valence-electron chi connectivity index (χ3n) is 3.99. The number of rotatable bonds is 5. The fraction of sp³-hybridized carbons (Fsp3) is 0.833. The molecular weight excluding hydrogens is 600 g/mol. The first-order valence-electron chi connectivity index (χ1n) is 7.29. The highest BCUT2D eigenvalue weighted by molar-refractivity contribution is 5.38. The molecule has 216 valence electrons. The molecule has 0 aliphatic heterocycles. The van der Waals surface area contributed by atoms with Crippen LogP contribution in [-0.2, 0) is 0 Å². The first kappa shape index (κ1) is 34.1. The van der Waals surface area contributed by atoms with Gasteiger partial charge in [0.15, 0.2) is 0 Å². The lowest BCUT2D eigenvalue weighted by molar-refractivity contribution is -0.474. The van der Waals surface area contributed by atoms with Crippen LogP contribution >= 0.6 is 0 Å². The molecule has 0 rings (SSSR count). The summed E-state index contributed by atoms with van der Waals surface area (Å²) in [6, 6.07) is 0.